The van der Waals surface area contributed by atoms with Crippen LogP contribution in [0.4, 0.5) is 0 Å². The van der Waals surface area contributed by atoms with Crippen molar-refractivity contribution in [3.05, 3.63) is 29.7 Å². The lowest BCUT2D eigenvalue weighted by Gasteiger charge is -2.23. The van der Waals surface area contributed by atoms with Gasteiger partial charge in [-0.3, -0.25) is 4.99 Å². The number of aliphatic imine (C=N–C) groups is 1. The fourth-order valence-corrected chi connectivity index (χ4v) is 2.85. The molecule has 0 bridgehead atoms. The van der Waals surface area contributed by atoms with Gasteiger partial charge < -0.3 is 14.7 Å². The molecule has 23 heavy (non-hydrogen) atoms. The third-order valence-electron chi connectivity index (χ3n) is 4.12. The summed E-state index contributed by atoms with van der Waals surface area (Å²) >= 11 is 0. The highest BCUT2D eigenvalue weighted by molar-refractivity contribution is 5.79. The second kappa shape index (κ2) is 10.1. The maximum atomic E-state index is 5.26. The molecule has 1 unspecified atom stereocenters. The van der Waals surface area contributed by atoms with Crippen LogP contribution in [0.2, 0.25) is 0 Å². The molecule has 0 aliphatic carbocycles. The molecule has 1 aromatic rings. The van der Waals surface area contributed by atoms with E-state index in [2.05, 4.69) is 40.9 Å². The fourth-order valence-electron chi connectivity index (χ4n) is 2.85. The predicted octanol–water partition coefficient (Wildman–Crippen LogP) is 3.65. The van der Waals surface area contributed by atoms with E-state index >= 15 is 0 Å². The Morgan fingerprint density at radius 1 is 1.39 bits per heavy atom. The lowest BCUT2D eigenvalue weighted by Crippen LogP contribution is -2.40. The van der Waals surface area contributed by atoms with Crippen LogP contribution < -0.4 is 5.32 Å². The van der Waals surface area contributed by atoms with Crippen molar-refractivity contribution in [2.24, 2.45) is 4.99 Å². The Morgan fingerprint density at radius 3 is 2.70 bits per heavy atom. The quantitative estimate of drug-likeness (QED) is 0.327. The van der Waals surface area contributed by atoms with Crippen molar-refractivity contribution in [3.8, 4) is 0 Å². The van der Waals surface area contributed by atoms with E-state index in [9.17, 15) is 0 Å². The van der Waals surface area contributed by atoms with E-state index in [0.717, 1.165) is 36.9 Å². The summed E-state index contributed by atoms with van der Waals surface area (Å²) in [5.74, 6) is 2.17. The van der Waals surface area contributed by atoms with Gasteiger partial charge in [-0.05, 0) is 33.1 Å². The standard InChI is InChI=1S/C18H32N4O/c1-7-8-9-10-11-12-22(6)18(19-5)20-13-14(2)17-15(3)21-23-16(17)4/h7,14H,1,8-13H2,2-6H3,(H,19,20). The third-order valence-corrected chi connectivity index (χ3v) is 4.12. The van der Waals surface area contributed by atoms with E-state index in [1.54, 1.807) is 0 Å². The maximum absolute atomic E-state index is 5.26. The van der Waals surface area contributed by atoms with Crippen LogP contribution in [0.3, 0.4) is 0 Å². The highest BCUT2D eigenvalue weighted by atomic mass is 16.5. The Balaban J connectivity index is 2.42. The van der Waals surface area contributed by atoms with Crippen molar-refractivity contribution in [1.82, 2.24) is 15.4 Å². The Kier molecular flexibility index (Phi) is 8.45. The molecule has 0 saturated heterocycles. The zero-order valence-electron chi connectivity index (χ0n) is 15.4. The Morgan fingerprint density at radius 2 is 2.13 bits per heavy atom. The number of aryl methyl sites for hydroxylation is 2. The molecular formula is C18H32N4O. The first-order chi connectivity index (χ1) is 11.0. The molecule has 130 valence electrons. The minimum atomic E-state index is 0.332. The van der Waals surface area contributed by atoms with Gasteiger partial charge in [-0.25, -0.2) is 0 Å². The molecule has 5 nitrogen and oxygen atoms in total. The molecule has 0 saturated carbocycles. The molecule has 1 N–H and O–H groups in total. The van der Waals surface area contributed by atoms with E-state index in [1.807, 2.05) is 27.0 Å². The summed E-state index contributed by atoms with van der Waals surface area (Å²) in [7, 11) is 3.92. The second-order valence-corrected chi connectivity index (χ2v) is 6.13. The molecule has 5 heteroatoms. The van der Waals surface area contributed by atoms with Crippen molar-refractivity contribution < 1.29 is 4.52 Å². The third kappa shape index (κ3) is 6.08. The molecule has 0 radical (unpaired) electrons. The van der Waals surface area contributed by atoms with Gasteiger partial charge in [0.05, 0.1) is 5.69 Å². The van der Waals surface area contributed by atoms with Crippen LogP contribution >= 0.6 is 0 Å². The van der Waals surface area contributed by atoms with Gasteiger partial charge >= 0.3 is 0 Å². The average Bonchev–Trinajstić information content (AvgIpc) is 2.86. The Labute approximate surface area is 140 Å². The number of allylic oxidation sites excluding steroid dienone is 1. The summed E-state index contributed by atoms with van der Waals surface area (Å²) in [5, 5.41) is 7.49. The van der Waals surface area contributed by atoms with E-state index < -0.39 is 0 Å². The van der Waals surface area contributed by atoms with Crippen molar-refractivity contribution in [2.45, 2.75) is 52.4 Å². The highest BCUT2D eigenvalue weighted by Gasteiger charge is 2.17. The fraction of sp³-hybridized carbons (Fsp3) is 0.667. The lowest BCUT2D eigenvalue weighted by molar-refractivity contribution is 0.391. The summed E-state index contributed by atoms with van der Waals surface area (Å²) in [5.41, 5.74) is 2.17. The van der Waals surface area contributed by atoms with Crippen LogP contribution in [-0.4, -0.2) is 43.2 Å². The van der Waals surface area contributed by atoms with Gasteiger partial charge in [0.2, 0.25) is 0 Å². The van der Waals surface area contributed by atoms with Crippen LogP contribution in [0.25, 0.3) is 0 Å². The molecule has 0 aromatic carbocycles. The smallest absolute Gasteiger partial charge is 0.193 e. The van der Waals surface area contributed by atoms with E-state index in [-0.39, 0.29) is 0 Å². The molecule has 1 atom stereocenters. The van der Waals surface area contributed by atoms with Crippen LogP contribution in [0.1, 0.15) is 55.5 Å². The molecular weight excluding hydrogens is 288 g/mol. The van der Waals surface area contributed by atoms with Gasteiger partial charge in [-0.1, -0.05) is 24.6 Å². The van der Waals surface area contributed by atoms with Gasteiger partial charge in [-0.15, -0.1) is 6.58 Å². The molecule has 1 heterocycles. The van der Waals surface area contributed by atoms with Gasteiger partial charge in [0, 0.05) is 38.7 Å². The van der Waals surface area contributed by atoms with Gasteiger partial charge in [0.25, 0.3) is 0 Å². The monoisotopic (exact) mass is 320 g/mol. The number of aromatic nitrogens is 1. The van der Waals surface area contributed by atoms with Crippen molar-refractivity contribution in [3.63, 3.8) is 0 Å². The molecule has 1 rings (SSSR count). The Hall–Kier alpha value is -1.78. The lowest BCUT2D eigenvalue weighted by atomic mass is 10.00. The first-order valence-electron chi connectivity index (χ1n) is 8.46. The molecule has 0 aliphatic rings. The van der Waals surface area contributed by atoms with Crippen LogP contribution in [0, 0.1) is 13.8 Å². The number of rotatable bonds is 9. The molecule has 1 aromatic heterocycles. The minimum Gasteiger partial charge on any atom is -0.361 e. The Bertz CT molecular complexity index is 488. The summed E-state index contributed by atoms with van der Waals surface area (Å²) in [6.45, 7) is 11.7. The summed E-state index contributed by atoms with van der Waals surface area (Å²) < 4.78 is 5.26. The first-order valence-corrected chi connectivity index (χ1v) is 8.46. The number of unbranched alkanes of at least 4 members (excludes halogenated alkanes) is 3. The molecule has 0 fully saturated rings. The maximum Gasteiger partial charge on any atom is 0.193 e. The largest absolute Gasteiger partial charge is 0.361 e. The van der Waals surface area contributed by atoms with Crippen molar-refractivity contribution in [1.29, 1.82) is 0 Å². The van der Waals surface area contributed by atoms with E-state index in [0.29, 0.717) is 5.92 Å². The number of guanidine groups is 1. The highest BCUT2D eigenvalue weighted by Crippen LogP contribution is 2.22. The van der Waals surface area contributed by atoms with Crippen LogP contribution in [-0.2, 0) is 0 Å². The first kappa shape index (κ1) is 19.3. The number of nitrogens with one attached hydrogen (secondary N) is 1. The summed E-state index contributed by atoms with van der Waals surface area (Å²) in [6.07, 6.45) is 6.70. The molecule has 0 aliphatic heterocycles. The summed E-state index contributed by atoms with van der Waals surface area (Å²) in [6, 6.07) is 0. The van der Waals surface area contributed by atoms with Crippen LogP contribution in [0.15, 0.2) is 22.2 Å². The second-order valence-electron chi connectivity index (χ2n) is 6.13. The predicted molar refractivity (Wildman–Crippen MR) is 97.0 cm³/mol. The zero-order valence-corrected chi connectivity index (χ0v) is 15.4. The zero-order chi connectivity index (χ0) is 17.2. The topological polar surface area (TPSA) is 53.7 Å². The normalized spacial score (nSPS) is 13.0. The van der Waals surface area contributed by atoms with E-state index in [1.165, 1.54) is 24.8 Å². The number of hydrogen-bond acceptors (Lipinski definition) is 3. The van der Waals surface area contributed by atoms with Crippen molar-refractivity contribution in [2.75, 3.05) is 27.2 Å². The SMILES string of the molecule is C=CCCCCCN(C)C(=NC)NCC(C)c1c(C)noc1C. The minimum absolute atomic E-state index is 0.332. The van der Waals surface area contributed by atoms with Gasteiger partial charge in [0.1, 0.15) is 5.76 Å². The molecule has 0 spiro atoms. The van der Waals surface area contributed by atoms with Gasteiger partial charge in [-0.2, -0.15) is 0 Å². The van der Waals surface area contributed by atoms with E-state index in [4.69, 9.17) is 4.52 Å². The van der Waals surface area contributed by atoms with Crippen molar-refractivity contribution >= 4 is 5.96 Å². The molecule has 0 amide bonds. The number of hydrogen-bond donors (Lipinski definition) is 1. The summed E-state index contributed by atoms with van der Waals surface area (Å²) in [4.78, 5) is 6.57. The number of nitrogens with zero attached hydrogens (tertiary/aromatic N) is 3. The average molecular weight is 320 g/mol. The van der Waals surface area contributed by atoms with Gasteiger partial charge in [0.15, 0.2) is 5.96 Å². The van der Waals surface area contributed by atoms with Crippen LogP contribution in [0.5, 0.6) is 0 Å².